The smallest absolute Gasteiger partial charge is 0.123 e. The van der Waals surface area contributed by atoms with Gasteiger partial charge in [0.1, 0.15) is 5.60 Å². The minimum absolute atomic E-state index is 0.893. The third-order valence-electron chi connectivity index (χ3n) is 1.32. The molecule has 1 rings (SSSR count). The monoisotopic (exact) mass is 285 g/mol. The number of rotatable bonds is 0. The summed E-state index contributed by atoms with van der Waals surface area (Å²) >= 11 is 2.23. The molecule has 1 N–H and O–H groups in total. The van der Waals surface area contributed by atoms with Crippen molar-refractivity contribution in [2.24, 2.45) is 0 Å². The van der Waals surface area contributed by atoms with E-state index < -0.39 is 5.60 Å². The number of halogens is 1. The molecule has 0 heterocycles. The van der Waals surface area contributed by atoms with Gasteiger partial charge in [-0.05, 0) is 60.7 Å². The molecule has 1 aromatic rings. The maximum atomic E-state index is 9.25. The Labute approximate surface area is 92.3 Å². The number of hydrogen-bond donors (Lipinski definition) is 1. The van der Waals surface area contributed by atoms with E-state index in [1.807, 2.05) is 24.3 Å². The first-order valence-corrected chi connectivity index (χ1v) is 4.92. The normalized spacial score (nSPS) is 10.5. The van der Waals surface area contributed by atoms with Crippen LogP contribution in [0.4, 0.5) is 0 Å². The maximum Gasteiger partial charge on any atom is 0.123 e. The van der Waals surface area contributed by atoms with Crippen LogP contribution in [0.1, 0.15) is 12.5 Å². The van der Waals surface area contributed by atoms with Crippen molar-refractivity contribution < 1.29 is 5.11 Å². The quantitative estimate of drug-likeness (QED) is 0.572. The molecule has 2 heteroatoms. The molecule has 0 saturated carbocycles. The van der Waals surface area contributed by atoms with E-state index >= 15 is 0 Å². The second-order valence-electron chi connectivity index (χ2n) is 3.03. The van der Waals surface area contributed by atoms with Gasteiger partial charge in [0.05, 0.1) is 0 Å². The fraction of sp³-hybridized carbons (Fsp3) is 0.182. The van der Waals surface area contributed by atoms with Crippen molar-refractivity contribution in [1.82, 2.24) is 0 Å². The summed E-state index contributed by atoms with van der Waals surface area (Å²) in [5, 5.41) is 9.25. The lowest BCUT2D eigenvalue weighted by atomic mass is 10.1. The van der Waals surface area contributed by atoms with E-state index in [9.17, 15) is 5.11 Å². The second-order valence-corrected chi connectivity index (χ2v) is 4.28. The minimum atomic E-state index is -1.16. The van der Waals surface area contributed by atoms with Crippen molar-refractivity contribution in [2.75, 3.05) is 0 Å². The zero-order valence-electron chi connectivity index (χ0n) is 7.34. The van der Waals surface area contributed by atoms with Gasteiger partial charge in [0, 0.05) is 9.13 Å². The summed E-state index contributed by atoms with van der Waals surface area (Å²) < 4.78 is 1.17. The highest BCUT2D eigenvalue weighted by Gasteiger charge is 2.05. The number of hydrogen-bond acceptors (Lipinski definition) is 1. The van der Waals surface area contributed by atoms with E-state index in [-0.39, 0.29) is 0 Å². The van der Waals surface area contributed by atoms with Gasteiger partial charge in [-0.2, -0.15) is 0 Å². The fourth-order valence-corrected chi connectivity index (χ4v) is 1.10. The molecular formula is C11H10IO. The van der Waals surface area contributed by atoms with Crippen molar-refractivity contribution in [1.29, 1.82) is 0 Å². The van der Waals surface area contributed by atoms with Crippen LogP contribution < -0.4 is 0 Å². The molecule has 0 spiro atoms. The predicted octanol–water partition coefficient (Wildman–Crippen LogP) is 2.23. The van der Waals surface area contributed by atoms with Gasteiger partial charge in [-0.25, -0.2) is 0 Å². The molecular weight excluding hydrogens is 275 g/mol. The first-order valence-electron chi connectivity index (χ1n) is 3.84. The van der Waals surface area contributed by atoms with E-state index in [1.54, 1.807) is 6.92 Å². The zero-order valence-corrected chi connectivity index (χ0v) is 9.50. The Hall–Kier alpha value is -0.530. The van der Waals surface area contributed by atoms with Crippen LogP contribution in [-0.4, -0.2) is 10.7 Å². The lowest BCUT2D eigenvalue weighted by Gasteiger charge is -2.05. The molecule has 1 aromatic carbocycles. The van der Waals surface area contributed by atoms with E-state index in [4.69, 9.17) is 0 Å². The largest absolute Gasteiger partial charge is 0.378 e. The summed E-state index contributed by atoms with van der Waals surface area (Å²) in [7, 11) is 0. The Morgan fingerprint density at radius 3 is 2.38 bits per heavy atom. The van der Waals surface area contributed by atoms with Gasteiger partial charge >= 0.3 is 0 Å². The van der Waals surface area contributed by atoms with Gasteiger partial charge in [-0.3, -0.25) is 0 Å². The molecule has 1 atom stereocenters. The van der Waals surface area contributed by atoms with Crippen LogP contribution in [0.5, 0.6) is 0 Å². The Balaban J connectivity index is 2.85. The number of benzene rings is 1. The third-order valence-corrected chi connectivity index (χ3v) is 2.04. The van der Waals surface area contributed by atoms with Crippen LogP contribution in [0.15, 0.2) is 24.3 Å². The molecule has 0 aromatic heterocycles. The molecule has 0 saturated heterocycles. The maximum absolute atomic E-state index is 9.25. The molecule has 0 bridgehead atoms. The Morgan fingerprint density at radius 2 is 1.92 bits per heavy atom. The minimum Gasteiger partial charge on any atom is -0.378 e. The van der Waals surface area contributed by atoms with Crippen molar-refractivity contribution in [3.63, 3.8) is 0 Å². The molecule has 1 unspecified atom stereocenters. The highest BCUT2D eigenvalue weighted by molar-refractivity contribution is 14.1. The standard InChI is InChI=1S/C11H10IO/c1-11(2,13)8-7-9-3-5-10(12)6-4-9/h3-6,13H,1H2,2H3. The van der Waals surface area contributed by atoms with Crippen LogP contribution in [0, 0.1) is 22.3 Å². The first-order chi connectivity index (χ1) is 5.97. The summed E-state index contributed by atoms with van der Waals surface area (Å²) in [6, 6.07) is 7.78. The second kappa shape index (κ2) is 4.12. The summed E-state index contributed by atoms with van der Waals surface area (Å²) in [6.45, 7) is 5.05. The fourth-order valence-electron chi connectivity index (χ4n) is 0.740. The van der Waals surface area contributed by atoms with Crippen LogP contribution in [-0.2, 0) is 0 Å². The molecule has 0 fully saturated rings. The van der Waals surface area contributed by atoms with E-state index in [1.165, 1.54) is 3.57 Å². The van der Waals surface area contributed by atoms with Crippen molar-refractivity contribution >= 4 is 22.6 Å². The van der Waals surface area contributed by atoms with Gasteiger partial charge in [-0.1, -0.05) is 11.8 Å². The van der Waals surface area contributed by atoms with E-state index in [0.29, 0.717) is 0 Å². The molecule has 0 aliphatic rings. The Bertz CT molecular complexity index is 335. The average Bonchev–Trinajstić information content (AvgIpc) is 2.02. The summed E-state index contributed by atoms with van der Waals surface area (Å²) in [5.74, 6) is 5.50. The van der Waals surface area contributed by atoms with Gasteiger partial charge < -0.3 is 5.11 Å². The van der Waals surface area contributed by atoms with Gasteiger partial charge in [-0.15, -0.1) is 0 Å². The molecule has 67 valence electrons. The zero-order chi connectivity index (χ0) is 9.90. The third kappa shape index (κ3) is 4.30. The number of aliphatic hydroxyl groups is 1. The van der Waals surface area contributed by atoms with Crippen LogP contribution >= 0.6 is 22.6 Å². The summed E-state index contributed by atoms with van der Waals surface area (Å²) in [6.07, 6.45) is 0. The van der Waals surface area contributed by atoms with E-state index in [0.717, 1.165) is 5.56 Å². The lowest BCUT2D eigenvalue weighted by molar-refractivity contribution is 0.171. The topological polar surface area (TPSA) is 20.2 Å². The van der Waals surface area contributed by atoms with Crippen molar-refractivity contribution in [3.8, 4) is 11.8 Å². The summed E-state index contributed by atoms with van der Waals surface area (Å²) in [4.78, 5) is 0. The van der Waals surface area contributed by atoms with Crippen molar-refractivity contribution in [3.05, 3.63) is 40.3 Å². The summed E-state index contributed by atoms with van der Waals surface area (Å²) in [5.41, 5.74) is -0.271. The van der Waals surface area contributed by atoms with Crippen molar-refractivity contribution in [2.45, 2.75) is 12.5 Å². The molecule has 0 amide bonds. The Morgan fingerprint density at radius 1 is 1.38 bits per heavy atom. The lowest BCUT2D eigenvalue weighted by Crippen LogP contribution is -2.15. The Kier molecular flexibility index (Phi) is 3.34. The predicted molar refractivity (Wildman–Crippen MR) is 62.0 cm³/mol. The van der Waals surface area contributed by atoms with Gasteiger partial charge in [0.15, 0.2) is 0 Å². The highest BCUT2D eigenvalue weighted by atomic mass is 127. The molecule has 1 nitrogen and oxygen atoms in total. The highest BCUT2D eigenvalue weighted by Crippen LogP contribution is 2.06. The SMILES string of the molecule is [CH2]C(C)(O)C#Cc1ccc(I)cc1. The molecule has 0 aliphatic carbocycles. The van der Waals surface area contributed by atoms with Gasteiger partial charge in [0.25, 0.3) is 0 Å². The van der Waals surface area contributed by atoms with Crippen LogP contribution in [0.2, 0.25) is 0 Å². The first kappa shape index (κ1) is 10.6. The van der Waals surface area contributed by atoms with Crippen LogP contribution in [0.25, 0.3) is 0 Å². The van der Waals surface area contributed by atoms with E-state index in [2.05, 4.69) is 41.4 Å². The average molecular weight is 285 g/mol. The van der Waals surface area contributed by atoms with Crippen LogP contribution in [0.3, 0.4) is 0 Å². The molecule has 0 aliphatic heterocycles. The van der Waals surface area contributed by atoms with Gasteiger partial charge in [0.2, 0.25) is 0 Å². The molecule has 13 heavy (non-hydrogen) atoms. The molecule has 1 radical (unpaired) electrons.